The molecule has 2 aromatic rings. The highest BCUT2D eigenvalue weighted by atomic mass is 79.9. The van der Waals surface area contributed by atoms with E-state index in [0.717, 1.165) is 11.8 Å². The van der Waals surface area contributed by atoms with Gasteiger partial charge in [0, 0.05) is 11.2 Å². The van der Waals surface area contributed by atoms with Gasteiger partial charge in [-0.3, -0.25) is 0 Å². The quantitative estimate of drug-likeness (QED) is 0.480. The molecule has 0 aromatic heterocycles. The van der Waals surface area contributed by atoms with Crippen molar-refractivity contribution in [2.75, 3.05) is 5.33 Å². The van der Waals surface area contributed by atoms with Gasteiger partial charge in [-0.2, -0.15) is 0 Å². The molecule has 2 aromatic carbocycles. The van der Waals surface area contributed by atoms with E-state index < -0.39 is 0 Å². The molecule has 0 spiro atoms. The molecule has 0 bridgehead atoms. The van der Waals surface area contributed by atoms with Crippen molar-refractivity contribution in [3.63, 3.8) is 0 Å². The SMILES string of the molecule is CC(C)(C)c1ccc2c(c1)C(CCBr)c1cc(C(C)(C)C)ccc1-2. The zero-order chi connectivity index (χ0) is 17.7. The zero-order valence-corrected chi connectivity index (χ0v) is 17.4. The molecule has 0 saturated carbocycles. The van der Waals surface area contributed by atoms with E-state index in [9.17, 15) is 0 Å². The maximum atomic E-state index is 3.68. The van der Waals surface area contributed by atoms with Gasteiger partial charge in [0.15, 0.2) is 0 Å². The van der Waals surface area contributed by atoms with Gasteiger partial charge in [0.2, 0.25) is 0 Å². The van der Waals surface area contributed by atoms with Gasteiger partial charge in [0.05, 0.1) is 0 Å². The van der Waals surface area contributed by atoms with Gasteiger partial charge in [0.25, 0.3) is 0 Å². The van der Waals surface area contributed by atoms with E-state index in [1.807, 2.05) is 0 Å². The summed E-state index contributed by atoms with van der Waals surface area (Å²) in [4.78, 5) is 0. The Morgan fingerprint density at radius 2 is 1.17 bits per heavy atom. The van der Waals surface area contributed by atoms with Crippen molar-refractivity contribution < 1.29 is 0 Å². The molecule has 1 heteroatoms. The van der Waals surface area contributed by atoms with E-state index >= 15 is 0 Å². The molecule has 1 aliphatic rings. The summed E-state index contributed by atoms with van der Waals surface area (Å²) in [6, 6.07) is 14.2. The van der Waals surface area contributed by atoms with E-state index in [4.69, 9.17) is 0 Å². The fourth-order valence-corrected chi connectivity index (χ4v) is 4.17. The van der Waals surface area contributed by atoms with E-state index in [2.05, 4.69) is 93.9 Å². The van der Waals surface area contributed by atoms with E-state index in [1.54, 1.807) is 0 Å². The number of rotatable bonds is 2. The first kappa shape index (κ1) is 17.7. The predicted molar refractivity (Wildman–Crippen MR) is 110 cm³/mol. The lowest BCUT2D eigenvalue weighted by atomic mass is 9.83. The Balaban J connectivity index is 2.17. The molecule has 0 saturated heterocycles. The average molecular weight is 385 g/mol. The molecule has 0 heterocycles. The second-order valence-electron chi connectivity index (χ2n) is 9.13. The first-order valence-electron chi connectivity index (χ1n) is 8.98. The van der Waals surface area contributed by atoms with Crippen molar-refractivity contribution in [3.05, 3.63) is 58.7 Å². The van der Waals surface area contributed by atoms with Crippen LogP contribution in [-0.4, -0.2) is 5.33 Å². The molecule has 1 aliphatic carbocycles. The molecule has 24 heavy (non-hydrogen) atoms. The number of fused-ring (bicyclic) bond motifs is 3. The second kappa shape index (κ2) is 6.02. The van der Waals surface area contributed by atoms with Crippen LogP contribution in [0.15, 0.2) is 36.4 Å². The number of halogens is 1. The first-order chi connectivity index (χ1) is 11.1. The summed E-state index contributed by atoms with van der Waals surface area (Å²) in [5.74, 6) is 0.513. The Kier molecular flexibility index (Phi) is 4.45. The summed E-state index contributed by atoms with van der Waals surface area (Å²) in [6.45, 7) is 13.8. The van der Waals surface area contributed by atoms with Crippen molar-refractivity contribution in [1.82, 2.24) is 0 Å². The fourth-order valence-electron chi connectivity index (χ4n) is 3.71. The van der Waals surface area contributed by atoms with Crippen molar-refractivity contribution in [2.24, 2.45) is 0 Å². The zero-order valence-electron chi connectivity index (χ0n) is 15.8. The minimum Gasteiger partial charge on any atom is -0.0928 e. The number of hydrogen-bond donors (Lipinski definition) is 0. The van der Waals surface area contributed by atoms with Crippen LogP contribution in [0.4, 0.5) is 0 Å². The molecular formula is C23H29Br. The summed E-state index contributed by atoms with van der Waals surface area (Å²) < 4.78 is 0. The maximum Gasteiger partial charge on any atom is 0.0110 e. The molecule has 0 nitrogen and oxygen atoms in total. The van der Waals surface area contributed by atoms with Gasteiger partial charge >= 0.3 is 0 Å². The molecule has 3 rings (SSSR count). The highest BCUT2D eigenvalue weighted by molar-refractivity contribution is 9.09. The lowest BCUT2D eigenvalue weighted by molar-refractivity contribution is 0.587. The predicted octanol–water partition coefficient (Wildman–Crippen LogP) is 7.18. The van der Waals surface area contributed by atoms with Crippen LogP contribution in [0, 0.1) is 0 Å². The van der Waals surface area contributed by atoms with Gasteiger partial charge in [0.1, 0.15) is 0 Å². The van der Waals surface area contributed by atoms with Crippen LogP contribution in [0.1, 0.15) is 76.1 Å². The summed E-state index contributed by atoms with van der Waals surface area (Å²) >= 11 is 3.68. The third-order valence-electron chi connectivity index (χ3n) is 5.27. The first-order valence-corrected chi connectivity index (χ1v) is 10.1. The molecule has 128 valence electrons. The fraction of sp³-hybridized carbons (Fsp3) is 0.478. The van der Waals surface area contributed by atoms with Gasteiger partial charge in [-0.15, -0.1) is 0 Å². The Hall–Kier alpha value is -1.08. The van der Waals surface area contributed by atoms with Crippen LogP contribution >= 0.6 is 15.9 Å². The van der Waals surface area contributed by atoms with Crippen LogP contribution in [-0.2, 0) is 10.8 Å². The average Bonchev–Trinajstić information content (AvgIpc) is 2.79. The Bertz CT molecular complexity index is 693. The second-order valence-corrected chi connectivity index (χ2v) is 9.93. The van der Waals surface area contributed by atoms with Crippen LogP contribution < -0.4 is 0 Å². The standard InChI is InChI=1S/C23H29Br/c1-22(2,3)15-7-9-17-18-10-8-16(23(4,5)6)14-21(18)19(11-12-24)20(17)13-15/h7-10,13-14,19H,11-12H2,1-6H3. The lowest BCUT2D eigenvalue weighted by Crippen LogP contribution is -2.12. The van der Waals surface area contributed by atoms with E-state index in [0.29, 0.717) is 5.92 Å². The highest BCUT2D eigenvalue weighted by Crippen LogP contribution is 2.48. The summed E-state index contributed by atoms with van der Waals surface area (Å²) in [6.07, 6.45) is 1.15. The molecule has 0 N–H and O–H groups in total. The molecular weight excluding hydrogens is 356 g/mol. The number of benzene rings is 2. The third-order valence-corrected chi connectivity index (χ3v) is 5.73. The Morgan fingerprint density at radius 1 is 0.750 bits per heavy atom. The molecule has 0 fully saturated rings. The smallest absolute Gasteiger partial charge is 0.0110 e. The maximum absolute atomic E-state index is 3.68. The summed E-state index contributed by atoms with van der Waals surface area (Å²) in [5.41, 5.74) is 9.16. The molecule has 0 unspecified atom stereocenters. The Morgan fingerprint density at radius 3 is 1.50 bits per heavy atom. The van der Waals surface area contributed by atoms with E-state index in [1.165, 1.54) is 33.4 Å². The van der Waals surface area contributed by atoms with Crippen LogP contribution in [0.3, 0.4) is 0 Å². The van der Waals surface area contributed by atoms with Crippen LogP contribution in [0.5, 0.6) is 0 Å². The van der Waals surface area contributed by atoms with Gasteiger partial charge in [-0.05, 0) is 50.6 Å². The molecule has 0 aliphatic heterocycles. The summed E-state index contributed by atoms with van der Waals surface area (Å²) in [5, 5.41) is 1.04. The van der Waals surface area contributed by atoms with Crippen LogP contribution in [0.2, 0.25) is 0 Å². The van der Waals surface area contributed by atoms with Crippen molar-refractivity contribution >= 4 is 15.9 Å². The Labute approximate surface area is 155 Å². The normalized spacial score (nSPS) is 14.6. The van der Waals surface area contributed by atoms with E-state index in [-0.39, 0.29) is 10.8 Å². The minimum absolute atomic E-state index is 0.194. The lowest BCUT2D eigenvalue weighted by Gasteiger charge is -2.22. The third kappa shape index (κ3) is 3.08. The minimum atomic E-state index is 0.194. The number of hydrogen-bond acceptors (Lipinski definition) is 0. The monoisotopic (exact) mass is 384 g/mol. The van der Waals surface area contributed by atoms with Crippen molar-refractivity contribution in [1.29, 1.82) is 0 Å². The van der Waals surface area contributed by atoms with Gasteiger partial charge in [-0.25, -0.2) is 0 Å². The molecule has 0 radical (unpaired) electrons. The molecule has 0 amide bonds. The van der Waals surface area contributed by atoms with Gasteiger partial charge in [-0.1, -0.05) is 93.9 Å². The summed E-state index contributed by atoms with van der Waals surface area (Å²) in [7, 11) is 0. The topological polar surface area (TPSA) is 0 Å². The molecule has 0 atom stereocenters. The van der Waals surface area contributed by atoms with Crippen molar-refractivity contribution in [2.45, 2.75) is 64.7 Å². The largest absolute Gasteiger partial charge is 0.0928 e. The van der Waals surface area contributed by atoms with Gasteiger partial charge < -0.3 is 0 Å². The number of alkyl halides is 1. The highest BCUT2D eigenvalue weighted by Gasteiger charge is 2.30. The van der Waals surface area contributed by atoms with Crippen molar-refractivity contribution in [3.8, 4) is 11.1 Å². The van der Waals surface area contributed by atoms with Crippen LogP contribution in [0.25, 0.3) is 11.1 Å².